The van der Waals surface area contributed by atoms with Crippen molar-refractivity contribution in [3.63, 3.8) is 0 Å². The largest absolute Gasteiger partial charge is 0.502 e. The van der Waals surface area contributed by atoms with Gasteiger partial charge in [-0.15, -0.1) is 0 Å². The molecule has 0 spiro atoms. The third kappa shape index (κ3) is 7.80. The third-order valence-corrected chi connectivity index (χ3v) is 9.29. The number of fused-ring (bicyclic) bond motifs is 3. The van der Waals surface area contributed by atoms with E-state index in [9.17, 15) is 15.0 Å². The molecule has 3 aliphatic rings. The van der Waals surface area contributed by atoms with Crippen LogP contribution < -0.4 is 40.6 Å². The van der Waals surface area contributed by atoms with Crippen molar-refractivity contribution in [1.29, 1.82) is 0 Å². The quantitative estimate of drug-likeness (QED) is 0.132. The summed E-state index contributed by atoms with van der Waals surface area (Å²) in [5.41, 5.74) is 8.08. The van der Waals surface area contributed by atoms with Gasteiger partial charge in [0.2, 0.25) is 18.4 Å². The second-order valence-electron chi connectivity index (χ2n) is 12.3. The van der Waals surface area contributed by atoms with Gasteiger partial charge in [0.25, 0.3) is 0 Å². The minimum atomic E-state index is -1.06. The summed E-state index contributed by atoms with van der Waals surface area (Å²) in [6.45, 7) is 5.04. The molecule has 46 heavy (non-hydrogen) atoms. The van der Waals surface area contributed by atoms with E-state index in [1.165, 1.54) is 14.2 Å². The normalized spacial score (nSPS) is 22.7. The molecule has 1 saturated heterocycles. The van der Waals surface area contributed by atoms with Gasteiger partial charge >= 0.3 is 0 Å². The monoisotopic (exact) mass is 642 g/mol. The van der Waals surface area contributed by atoms with Crippen molar-refractivity contribution in [3.05, 3.63) is 41.0 Å². The second-order valence-corrected chi connectivity index (χ2v) is 12.3. The molecular formula is C34H50N4O8. The number of aliphatic hydroxyl groups is 1. The van der Waals surface area contributed by atoms with Crippen molar-refractivity contribution in [1.82, 2.24) is 16.0 Å². The number of aromatic hydroxyl groups is 1. The number of phenolic OH excluding ortho intramolecular Hbond substituents is 1. The van der Waals surface area contributed by atoms with Crippen molar-refractivity contribution < 1.29 is 38.7 Å². The number of benzene rings is 2. The Morgan fingerprint density at radius 2 is 1.48 bits per heavy atom. The van der Waals surface area contributed by atoms with Gasteiger partial charge in [0.15, 0.2) is 29.3 Å². The minimum absolute atomic E-state index is 0.0408. The van der Waals surface area contributed by atoms with Crippen LogP contribution in [0.15, 0.2) is 24.3 Å². The average Bonchev–Trinajstić information content (AvgIpc) is 3.68. The zero-order valence-electron chi connectivity index (χ0n) is 27.0. The van der Waals surface area contributed by atoms with E-state index in [-0.39, 0.29) is 54.3 Å². The van der Waals surface area contributed by atoms with Crippen LogP contribution in [0.5, 0.6) is 28.7 Å². The highest BCUT2D eigenvalue weighted by Gasteiger charge is 2.52. The van der Waals surface area contributed by atoms with Crippen LogP contribution in [-0.4, -0.2) is 82.8 Å². The first-order chi connectivity index (χ1) is 22.5. The smallest absolute Gasteiger partial charge is 0.231 e. The van der Waals surface area contributed by atoms with Crippen LogP contribution in [0.25, 0.3) is 0 Å². The second kappa shape index (κ2) is 16.5. The molecule has 0 saturated carbocycles. The van der Waals surface area contributed by atoms with E-state index < -0.39 is 12.3 Å². The maximum Gasteiger partial charge on any atom is 0.231 e. The molecule has 5 atom stereocenters. The number of hydrogen-bond acceptors (Lipinski definition) is 11. The number of unbranched alkanes of at least 4 members (excludes halogenated alkanes) is 3. The van der Waals surface area contributed by atoms with Crippen molar-refractivity contribution in [3.8, 4) is 28.7 Å². The van der Waals surface area contributed by atoms with E-state index in [4.69, 9.17) is 29.4 Å². The highest BCUT2D eigenvalue weighted by atomic mass is 16.7. The SMILES string of the molecule is COc1cc([C@@H]2c3cc4c(cc3[C@@H](NC(=O)CCCCNCCCCNCCCCN)[C@H]3COC(O)[C@H]23)OCO4)cc(OC)c1O. The van der Waals surface area contributed by atoms with Gasteiger partial charge in [0.05, 0.1) is 26.9 Å². The van der Waals surface area contributed by atoms with Crippen molar-refractivity contribution in [2.24, 2.45) is 17.6 Å². The molecule has 0 aromatic heterocycles. The molecule has 0 radical (unpaired) electrons. The van der Waals surface area contributed by atoms with Gasteiger partial charge < -0.3 is 55.6 Å². The summed E-state index contributed by atoms with van der Waals surface area (Å²) in [6, 6.07) is 6.99. The van der Waals surface area contributed by atoms with Gasteiger partial charge in [-0.25, -0.2) is 0 Å². The van der Waals surface area contributed by atoms with Crippen LogP contribution >= 0.6 is 0 Å². The number of phenols is 1. The van der Waals surface area contributed by atoms with E-state index in [0.717, 1.165) is 87.9 Å². The lowest BCUT2D eigenvalue weighted by Crippen LogP contribution is -2.43. The first-order valence-corrected chi connectivity index (χ1v) is 16.6. The topological polar surface area (TPSA) is 166 Å². The van der Waals surface area contributed by atoms with Gasteiger partial charge in [0.1, 0.15) is 0 Å². The molecule has 0 bridgehead atoms. The maximum absolute atomic E-state index is 13.3. The standard InChI is InChI=1S/C34H50N4O8/c1-42-27-15-21(16-28(43-2)33(27)40)30-22-17-25-26(46-20-45-25)18-23(22)32(24-19-44-34(41)31(24)30)38-29(39)9-3-5-11-36-13-7-8-14-37-12-6-4-10-35/h15-18,24,30-32,34,36-37,40-41H,3-14,19-20,35H2,1-2H3,(H,38,39)/t24-,30+,31-,32+,34?/m0/s1. The number of nitrogens with one attached hydrogen (secondary N) is 3. The Bertz CT molecular complexity index is 1290. The summed E-state index contributed by atoms with van der Waals surface area (Å²) < 4.78 is 28.2. The zero-order chi connectivity index (χ0) is 32.5. The number of ether oxygens (including phenoxy) is 5. The molecule has 5 rings (SSSR count). The third-order valence-electron chi connectivity index (χ3n) is 9.29. The van der Waals surface area contributed by atoms with Crippen LogP contribution in [0.1, 0.15) is 73.6 Å². The fourth-order valence-corrected chi connectivity index (χ4v) is 6.93. The van der Waals surface area contributed by atoms with Crippen molar-refractivity contribution in [2.45, 2.75) is 63.2 Å². The Morgan fingerprint density at radius 3 is 2.09 bits per heavy atom. The van der Waals surface area contributed by atoms with Crippen LogP contribution in [-0.2, 0) is 9.53 Å². The van der Waals surface area contributed by atoms with Gasteiger partial charge in [-0.05, 0) is 112 Å². The number of aliphatic hydroxyl groups excluding tert-OH is 1. The number of nitrogens with two attached hydrogens (primary N) is 1. The molecule has 2 aromatic carbocycles. The van der Waals surface area contributed by atoms with Crippen LogP contribution in [0.4, 0.5) is 0 Å². The molecule has 1 unspecified atom stereocenters. The summed E-state index contributed by atoms with van der Waals surface area (Å²) in [7, 11) is 2.96. The summed E-state index contributed by atoms with van der Waals surface area (Å²) in [5.74, 6) is 0.644. The first-order valence-electron chi connectivity index (χ1n) is 16.6. The maximum atomic E-state index is 13.3. The van der Waals surface area contributed by atoms with Crippen LogP contribution in [0, 0.1) is 11.8 Å². The molecule has 2 aliphatic heterocycles. The lowest BCUT2D eigenvalue weighted by molar-refractivity contribution is -0.122. The lowest BCUT2D eigenvalue weighted by Gasteiger charge is -2.41. The molecule has 12 nitrogen and oxygen atoms in total. The summed E-state index contributed by atoms with van der Waals surface area (Å²) >= 11 is 0. The Labute approximate surface area is 271 Å². The Morgan fingerprint density at radius 1 is 0.891 bits per heavy atom. The molecule has 2 aromatic rings. The molecule has 7 N–H and O–H groups in total. The Balaban J connectivity index is 1.23. The number of hydrogen-bond donors (Lipinski definition) is 6. The number of amides is 1. The molecule has 254 valence electrons. The van der Waals surface area contributed by atoms with Gasteiger partial charge in [-0.1, -0.05) is 0 Å². The predicted molar refractivity (Wildman–Crippen MR) is 173 cm³/mol. The Kier molecular flexibility index (Phi) is 12.2. The highest BCUT2D eigenvalue weighted by molar-refractivity contribution is 5.77. The fourth-order valence-electron chi connectivity index (χ4n) is 6.93. The summed E-state index contributed by atoms with van der Waals surface area (Å²) in [4.78, 5) is 13.3. The molecule has 1 aliphatic carbocycles. The van der Waals surface area contributed by atoms with E-state index in [0.29, 0.717) is 17.9 Å². The number of carbonyl (C=O) groups is 1. The van der Waals surface area contributed by atoms with E-state index >= 15 is 0 Å². The van der Waals surface area contributed by atoms with Crippen molar-refractivity contribution >= 4 is 5.91 Å². The van der Waals surface area contributed by atoms with Crippen LogP contribution in [0.3, 0.4) is 0 Å². The van der Waals surface area contributed by atoms with Crippen LogP contribution in [0.2, 0.25) is 0 Å². The lowest BCUT2D eigenvalue weighted by atomic mass is 9.65. The fraction of sp³-hybridized carbons (Fsp3) is 0.618. The van der Waals surface area contributed by atoms with Crippen molar-refractivity contribution in [2.75, 3.05) is 60.3 Å². The van der Waals surface area contributed by atoms with E-state index in [2.05, 4.69) is 16.0 Å². The van der Waals surface area contributed by atoms with Gasteiger partial charge in [0, 0.05) is 24.2 Å². The minimum Gasteiger partial charge on any atom is -0.502 e. The molecule has 1 fully saturated rings. The zero-order valence-corrected chi connectivity index (χ0v) is 27.0. The number of rotatable bonds is 18. The first kappa shape index (κ1) is 34.1. The Hall–Kier alpha value is -3.29. The molecule has 2 heterocycles. The number of carbonyl (C=O) groups excluding carboxylic acids is 1. The summed E-state index contributed by atoms with van der Waals surface area (Å²) in [6.07, 6.45) is 5.47. The number of methoxy groups -OCH3 is 2. The van der Waals surface area contributed by atoms with E-state index in [1.54, 1.807) is 12.1 Å². The van der Waals surface area contributed by atoms with E-state index in [1.807, 2.05) is 12.1 Å². The van der Waals surface area contributed by atoms with Gasteiger partial charge in [-0.3, -0.25) is 4.79 Å². The molecular weight excluding hydrogens is 592 g/mol. The highest BCUT2D eigenvalue weighted by Crippen LogP contribution is 2.56. The molecule has 1 amide bonds. The average molecular weight is 643 g/mol. The summed E-state index contributed by atoms with van der Waals surface area (Å²) in [5, 5.41) is 32.0. The van der Waals surface area contributed by atoms with Gasteiger partial charge in [-0.2, -0.15) is 0 Å². The molecule has 12 heteroatoms. The predicted octanol–water partition coefficient (Wildman–Crippen LogP) is 2.89.